The van der Waals surface area contributed by atoms with E-state index in [2.05, 4.69) is 5.32 Å². The zero-order valence-corrected chi connectivity index (χ0v) is 15.2. The van der Waals surface area contributed by atoms with Gasteiger partial charge in [0.05, 0.1) is 17.8 Å². The molecule has 0 saturated heterocycles. The monoisotopic (exact) mass is 371 g/mol. The van der Waals surface area contributed by atoms with Crippen molar-refractivity contribution in [2.45, 2.75) is 31.8 Å². The van der Waals surface area contributed by atoms with Gasteiger partial charge < -0.3 is 16.0 Å². The van der Waals surface area contributed by atoms with Gasteiger partial charge in [-0.2, -0.15) is 0 Å². The summed E-state index contributed by atoms with van der Waals surface area (Å²) in [6, 6.07) is 14.2. The lowest BCUT2D eigenvalue weighted by Gasteiger charge is -2.25. The van der Waals surface area contributed by atoms with Gasteiger partial charge in [-0.1, -0.05) is 41.9 Å². The molecule has 5 nitrogen and oxygen atoms in total. The largest absolute Gasteiger partial charge is 0.340 e. The average Bonchev–Trinajstić information content (AvgIpc) is 2.73. The zero-order valence-electron chi connectivity index (χ0n) is 14.5. The Labute approximate surface area is 158 Å². The molecule has 0 saturated carbocycles. The Kier molecular flexibility index (Phi) is 5.91. The van der Waals surface area contributed by atoms with Crippen molar-refractivity contribution in [2.75, 3.05) is 11.4 Å². The molecule has 26 heavy (non-hydrogen) atoms. The lowest BCUT2D eigenvalue weighted by atomic mass is 10.1. The summed E-state index contributed by atoms with van der Waals surface area (Å²) in [6.45, 7) is 0.952. The summed E-state index contributed by atoms with van der Waals surface area (Å²) in [4.78, 5) is 27.5. The molecule has 0 aromatic heterocycles. The molecule has 2 amide bonds. The highest BCUT2D eigenvalue weighted by molar-refractivity contribution is 6.31. The summed E-state index contributed by atoms with van der Waals surface area (Å²) in [5.74, 6) is -0.376. The van der Waals surface area contributed by atoms with Crippen LogP contribution in [0, 0.1) is 0 Å². The number of carbonyl (C=O) groups is 2. The molecule has 0 aliphatic carbocycles. The maximum atomic E-state index is 13.2. The number of carbonyl (C=O) groups excluding carboxylic acids is 2. The highest BCUT2D eigenvalue weighted by atomic mass is 35.5. The fraction of sp³-hybridized carbons (Fsp3) is 0.300. The smallest absolute Gasteiger partial charge is 0.254 e. The third-order valence-electron chi connectivity index (χ3n) is 4.50. The van der Waals surface area contributed by atoms with E-state index >= 15 is 0 Å². The Balaban J connectivity index is 1.97. The van der Waals surface area contributed by atoms with Crippen molar-refractivity contribution >= 4 is 29.1 Å². The van der Waals surface area contributed by atoms with Gasteiger partial charge in [-0.25, -0.2) is 0 Å². The molecule has 0 radical (unpaired) electrons. The van der Waals surface area contributed by atoms with E-state index in [-0.39, 0.29) is 11.8 Å². The Morgan fingerprint density at radius 3 is 2.58 bits per heavy atom. The summed E-state index contributed by atoms with van der Waals surface area (Å²) in [5.41, 5.74) is 7.55. The Hall–Kier alpha value is -2.37. The first-order chi connectivity index (χ1) is 12.6. The van der Waals surface area contributed by atoms with Crippen LogP contribution in [0.4, 0.5) is 5.69 Å². The predicted molar refractivity (Wildman–Crippen MR) is 103 cm³/mol. The second kappa shape index (κ2) is 8.34. The molecule has 136 valence electrons. The van der Waals surface area contributed by atoms with Crippen LogP contribution in [0.15, 0.2) is 48.5 Å². The van der Waals surface area contributed by atoms with E-state index in [1.54, 1.807) is 23.1 Å². The summed E-state index contributed by atoms with van der Waals surface area (Å²) < 4.78 is 0. The summed E-state index contributed by atoms with van der Waals surface area (Å²) >= 11 is 6.15. The molecule has 1 unspecified atom stereocenters. The van der Waals surface area contributed by atoms with Crippen molar-refractivity contribution in [1.29, 1.82) is 0 Å². The van der Waals surface area contributed by atoms with Gasteiger partial charge in [0.25, 0.3) is 5.91 Å². The van der Waals surface area contributed by atoms with Crippen molar-refractivity contribution in [3.63, 3.8) is 0 Å². The van der Waals surface area contributed by atoms with E-state index in [1.165, 1.54) is 0 Å². The molecule has 2 aromatic carbocycles. The molecule has 1 heterocycles. The number of amides is 2. The first-order valence-electron chi connectivity index (χ1n) is 8.76. The number of nitrogens with two attached hydrogens (primary N) is 1. The lowest BCUT2D eigenvalue weighted by Crippen LogP contribution is -2.45. The standard InChI is InChI=1S/C20H22ClN3O2/c21-15-9-10-16-18(12-15)24(13-14-6-2-1-3-7-14)20(26)17(23-19(16)25)8-4-5-11-22/h1-3,6-7,9-10,12,17H,4-5,8,11,13,22H2,(H,23,25). The lowest BCUT2D eigenvalue weighted by molar-refractivity contribution is -0.120. The van der Waals surface area contributed by atoms with Crippen molar-refractivity contribution in [2.24, 2.45) is 5.73 Å². The van der Waals surface area contributed by atoms with Crippen LogP contribution < -0.4 is 16.0 Å². The van der Waals surface area contributed by atoms with Crippen LogP contribution in [0.1, 0.15) is 35.2 Å². The quantitative estimate of drug-likeness (QED) is 0.766. The van der Waals surface area contributed by atoms with Gasteiger partial charge in [0.15, 0.2) is 0 Å². The molecule has 6 heteroatoms. The topological polar surface area (TPSA) is 75.4 Å². The maximum absolute atomic E-state index is 13.2. The number of anilines is 1. The van der Waals surface area contributed by atoms with Crippen LogP contribution in [-0.2, 0) is 11.3 Å². The number of rotatable bonds is 6. The van der Waals surface area contributed by atoms with Crippen LogP contribution in [0.5, 0.6) is 0 Å². The molecule has 0 spiro atoms. The van der Waals surface area contributed by atoms with Crippen LogP contribution in [0.25, 0.3) is 0 Å². The average molecular weight is 372 g/mol. The Morgan fingerprint density at radius 1 is 1.08 bits per heavy atom. The molecule has 0 fully saturated rings. The maximum Gasteiger partial charge on any atom is 0.254 e. The molecular weight excluding hydrogens is 350 g/mol. The number of unbranched alkanes of at least 4 members (excludes halogenated alkanes) is 1. The van der Waals surface area contributed by atoms with Crippen LogP contribution in [0.3, 0.4) is 0 Å². The third kappa shape index (κ3) is 4.06. The summed E-state index contributed by atoms with van der Waals surface area (Å²) in [5, 5.41) is 3.35. The van der Waals surface area contributed by atoms with Crippen LogP contribution in [0.2, 0.25) is 5.02 Å². The van der Waals surface area contributed by atoms with Crippen molar-refractivity contribution in [1.82, 2.24) is 5.32 Å². The van der Waals surface area contributed by atoms with Gasteiger partial charge in [-0.3, -0.25) is 9.59 Å². The van der Waals surface area contributed by atoms with E-state index < -0.39 is 6.04 Å². The molecule has 0 bridgehead atoms. The summed E-state index contributed by atoms with van der Waals surface area (Å²) in [7, 11) is 0. The third-order valence-corrected chi connectivity index (χ3v) is 4.73. The molecule has 1 aliphatic heterocycles. The SMILES string of the molecule is NCCCCC1NC(=O)c2ccc(Cl)cc2N(Cc2ccccc2)C1=O. The minimum atomic E-state index is -0.566. The van der Waals surface area contributed by atoms with Gasteiger partial charge in [0.2, 0.25) is 5.91 Å². The van der Waals surface area contributed by atoms with E-state index in [0.29, 0.717) is 35.8 Å². The normalized spacial score (nSPS) is 16.8. The highest BCUT2D eigenvalue weighted by Gasteiger charge is 2.33. The second-order valence-corrected chi connectivity index (χ2v) is 6.82. The second-order valence-electron chi connectivity index (χ2n) is 6.38. The number of hydrogen-bond acceptors (Lipinski definition) is 3. The number of fused-ring (bicyclic) bond motifs is 1. The number of hydrogen-bond donors (Lipinski definition) is 2. The number of benzene rings is 2. The first-order valence-corrected chi connectivity index (χ1v) is 9.13. The molecule has 1 aliphatic rings. The molecule has 3 rings (SSSR count). The number of nitrogens with one attached hydrogen (secondary N) is 1. The van der Waals surface area contributed by atoms with Gasteiger partial charge in [0.1, 0.15) is 6.04 Å². The molecule has 3 N–H and O–H groups in total. The minimum Gasteiger partial charge on any atom is -0.340 e. The van der Waals surface area contributed by atoms with Crippen LogP contribution in [-0.4, -0.2) is 24.4 Å². The fourth-order valence-electron chi connectivity index (χ4n) is 3.14. The van der Waals surface area contributed by atoms with Crippen molar-refractivity contribution in [3.05, 3.63) is 64.7 Å². The predicted octanol–water partition coefficient (Wildman–Crippen LogP) is 3.11. The van der Waals surface area contributed by atoms with Crippen LogP contribution >= 0.6 is 11.6 Å². The zero-order chi connectivity index (χ0) is 18.5. The minimum absolute atomic E-state index is 0.125. The number of halogens is 1. The highest BCUT2D eigenvalue weighted by Crippen LogP contribution is 2.30. The van der Waals surface area contributed by atoms with E-state index in [0.717, 1.165) is 18.4 Å². The number of nitrogens with zero attached hydrogens (tertiary/aromatic N) is 1. The molecule has 2 aromatic rings. The van der Waals surface area contributed by atoms with Gasteiger partial charge in [0, 0.05) is 5.02 Å². The van der Waals surface area contributed by atoms with Gasteiger partial charge in [-0.05, 0) is 49.6 Å². The van der Waals surface area contributed by atoms with E-state index in [9.17, 15) is 9.59 Å². The Morgan fingerprint density at radius 2 is 1.85 bits per heavy atom. The van der Waals surface area contributed by atoms with Gasteiger partial charge in [-0.15, -0.1) is 0 Å². The molecule has 1 atom stereocenters. The van der Waals surface area contributed by atoms with E-state index in [1.807, 2.05) is 30.3 Å². The van der Waals surface area contributed by atoms with Crippen molar-refractivity contribution < 1.29 is 9.59 Å². The van der Waals surface area contributed by atoms with Crippen molar-refractivity contribution in [3.8, 4) is 0 Å². The molecular formula is C20H22ClN3O2. The fourth-order valence-corrected chi connectivity index (χ4v) is 3.31. The van der Waals surface area contributed by atoms with Gasteiger partial charge >= 0.3 is 0 Å². The first kappa shape index (κ1) is 18.4. The summed E-state index contributed by atoms with van der Waals surface area (Å²) in [6.07, 6.45) is 2.16. The van der Waals surface area contributed by atoms with E-state index in [4.69, 9.17) is 17.3 Å². The Bertz CT molecular complexity index is 795.